The zero-order valence-corrected chi connectivity index (χ0v) is 17.6. The van der Waals surface area contributed by atoms with Gasteiger partial charge < -0.3 is 5.32 Å². The standard InChI is InChI=1S/C26H24N2O2/c1-16-10-11-18(3)22(14-16)28-25(29)23(20-13-12-17(2)19(4)15-20)24(26(28)30)27-21-8-6-5-7-9-21/h5-15,27H,1-4H3. The van der Waals surface area contributed by atoms with Gasteiger partial charge in [-0.25, -0.2) is 4.90 Å². The summed E-state index contributed by atoms with van der Waals surface area (Å²) in [4.78, 5) is 28.4. The van der Waals surface area contributed by atoms with Crippen molar-refractivity contribution >= 4 is 28.8 Å². The highest BCUT2D eigenvalue weighted by Crippen LogP contribution is 2.36. The van der Waals surface area contributed by atoms with Crippen molar-refractivity contribution in [2.45, 2.75) is 27.7 Å². The minimum atomic E-state index is -0.342. The lowest BCUT2D eigenvalue weighted by Crippen LogP contribution is -2.33. The second-order valence-electron chi connectivity index (χ2n) is 7.78. The summed E-state index contributed by atoms with van der Waals surface area (Å²) in [6.45, 7) is 7.90. The maximum Gasteiger partial charge on any atom is 0.282 e. The Balaban J connectivity index is 1.88. The minimum Gasteiger partial charge on any atom is -0.350 e. The second-order valence-corrected chi connectivity index (χ2v) is 7.78. The SMILES string of the molecule is Cc1ccc(C)c(N2C(=O)C(Nc3ccccc3)=C(c3ccc(C)c(C)c3)C2=O)c1. The van der Waals surface area contributed by atoms with Crippen LogP contribution in [0.4, 0.5) is 11.4 Å². The summed E-state index contributed by atoms with van der Waals surface area (Å²) in [6.07, 6.45) is 0. The highest BCUT2D eigenvalue weighted by molar-refractivity contribution is 6.46. The summed E-state index contributed by atoms with van der Waals surface area (Å²) in [7, 11) is 0. The molecule has 1 aliphatic rings. The second kappa shape index (κ2) is 7.64. The van der Waals surface area contributed by atoms with Crippen LogP contribution < -0.4 is 10.2 Å². The van der Waals surface area contributed by atoms with Crippen LogP contribution in [0.25, 0.3) is 5.57 Å². The summed E-state index contributed by atoms with van der Waals surface area (Å²) in [5.74, 6) is -0.652. The molecule has 1 aliphatic heterocycles. The lowest BCUT2D eigenvalue weighted by Gasteiger charge is -2.18. The van der Waals surface area contributed by atoms with E-state index >= 15 is 0 Å². The van der Waals surface area contributed by atoms with Crippen LogP contribution >= 0.6 is 0 Å². The number of aryl methyl sites for hydroxylation is 4. The van der Waals surface area contributed by atoms with Crippen molar-refractivity contribution in [2.24, 2.45) is 0 Å². The average molecular weight is 396 g/mol. The lowest BCUT2D eigenvalue weighted by molar-refractivity contribution is -0.120. The first-order chi connectivity index (χ1) is 14.4. The van der Waals surface area contributed by atoms with Gasteiger partial charge in [-0.3, -0.25) is 9.59 Å². The highest BCUT2D eigenvalue weighted by atomic mass is 16.2. The van der Waals surface area contributed by atoms with E-state index in [0.717, 1.165) is 33.5 Å². The molecule has 3 aromatic rings. The van der Waals surface area contributed by atoms with E-state index in [-0.39, 0.29) is 11.8 Å². The third-order valence-corrected chi connectivity index (χ3v) is 5.53. The quantitative estimate of drug-likeness (QED) is 0.608. The van der Waals surface area contributed by atoms with Crippen LogP contribution in [0, 0.1) is 27.7 Å². The highest BCUT2D eigenvalue weighted by Gasteiger charge is 2.40. The maximum atomic E-state index is 13.6. The summed E-state index contributed by atoms with van der Waals surface area (Å²) < 4.78 is 0. The predicted molar refractivity (Wildman–Crippen MR) is 121 cm³/mol. The Morgan fingerprint density at radius 2 is 1.40 bits per heavy atom. The fraction of sp³-hybridized carbons (Fsp3) is 0.154. The Labute approximate surface area is 176 Å². The van der Waals surface area contributed by atoms with Gasteiger partial charge in [-0.2, -0.15) is 0 Å². The number of hydrogen-bond acceptors (Lipinski definition) is 3. The van der Waals surface area contributed by atoms with Crippen molar-refractivity contribution in [1.29, 1.82) is 0 Å². The Morgan fingerprint density at radius 1 is 0.700 bits per heavy atom. The Kier molecular flexibility index (Phi) is 5.00. The normalized spacial score (nSPS) is 13.9. The van der Waals surface area contributed by atoms with Crippen LogP contribution in [-0.2, 0) is 9.59 Å². The van der Waals surface area contributed by atoms with E-state index < -0.39 is 0 Å². The molecule has 4 rings (SSSR count). The monoisotopic (exact) mass is 396 g/mol. The number of carbonyl (C=O) groups is 2. The molecule has 4 heteroatoms. The Bertz CT molecular complexity index is 1190. The van der Waals surface area contributed by atoms with Crippen LogP contribution in [0.3, 0.4) is 0 Å². The van der Waals surface area contributed by atoms with E-state index in [0.29, 0.717) is 17.0 Å². The van der Waals surface area contributed by atoms with Crippen LogP contribution in [0.15, 0.2) is 72.4 Å². The first-order valence-corrected chi connectivity index (χ1v) is 9.97. The molecule has 0 radical (unpaired) electrons. The van der Waals surface area contributed by atoms with Crippen molar-refractivity contribution in [3.8, 4) is 0 Å². The van der Waals surface area contributed by atoms with Crippen LogP contribution in [0.2, 0.25) is 0 Å². The molecule has 4 nitrogen and oxygen atoms in total. The molecular formula is C26H24N2O2. The molecule has 3 aromatic carbocycles. The molecule has 0 aliphatic carbocycles. The zero-order chi connectivity index (χ0) is 21.4. The van der Waals surface area contributed by atoms with E-state index in [9.17, 15) is 9.59 Å². The largest absolute Gasteiger partial charge is 0.350 e. The number of para-hydroxylation sites is 1. The minimum absolute atomic E-state index is 0.301. The molecule has 0 unspecified atom stereocenters. The molecule has 0 saturated carbocycles. The van der Waals surface area contributed by atoms with Gasteiger partial charge in [0.15, 0.2) is 0 Å². The fourth-order valence-corrected chi connectivity index (χ4v) is 3.66. The van der Waals surface area contributed by atoms with E-state index in [2.05, 4.69) is 5.32 Å². The van der Waals surface area contributed by atoms with Crippen molar-refractivity contribution in [3.63, 3.8) is 0 Å². The number of hydrogen-bond donors (Lipinski definition) is 1. The Hall–Kier alpha value is -3.66. The molecule has 30 heavy (non-hydrogen) atoms. The number of imide groups is 1. The molecule has 1 heterocycles. The Morgan fingerprint density at radius 3 is 2.10 bits per heavy atom. The van der Waals surface area contributed by atoms with Gasteiger partial charge in [0, 0.05) is 5.69 Å². The molecule has 0 saturated heterocycles. The van der Waals surface area contributed by atoms with Crippen molar-refractivity contribution in [1.82, 2.24) is 0 Å². The van der Waals surface area contributed by atoms with Gasteiger partial charge >= 0.3 is 0 Å². The molecule has 0 aromatic heterocycles. The van der Waals surface area contributed by atoms with E-state index in [1.165, 1.54) is 4.90 Å². The number of amides is 2. The molecule has 0 fully saturated rings. The summed E-state index contributed by atoms with van der Waals surface area (Å²) in [5, 5.41) is 3.21. The molecule has 0 bridgehead atoms. The van der Waals surface area contributed by atoms with E-state index in [1.807, 2.05) is 94.4 Å². The molecule has 0 atom stereocenters. The topological polar surface area (TPSA) is 49.4 Å². The van der Waals surface area contributed by atoms with Crippen LogP contribution in [0.1, 0.15) is 27.8 Å². The lowest BCUT2D eigenvalue weighted by atomic mass is 9.99. The van der Waals surface area contributed by atoms with Crippen LogP contribution in [-0.4, -0.2) is 11.8 Å². The van der Waals surface area contributed by atoms with Gasteiger partial charge in [-0.05, 0) is 73.7 Å². The zero-order valence-electron chi connectivity index (χ0n) is 17.6. The smallest absolute Gasteiger partial charge is 0.282 e. The van der Waals surface area contributed by atoms with Gasteiger partial charge in [-0.1, -0.05) is 48.5 Å². The number of nitrogens with one attached hydrogen (secondary N) is 1. The van der Waals surface area contributed by atoms with Gasteiger partial charge in [0.1, 0.15) is 5.70 Å². The molecule has 0 spiro atoms. The number of rotatable bonds is 4. The first kappa shape index (κ1) is 19.6. The van der Waals surface area contributed by atoms with Gasteiger partial charge in [-0.15, -0.1) is 0 Å². The number of nitrogens with zero attached hydrogens (tertiary/aromatic N) is 1. The van der Waals surface area contributed by atoms with Gasteiger partial charge in [0.2, 0.25) is 0 Å². The summed E-state index contributed by atoms with van der Waals surface area (Å²) >= 11 is 0. The third-order valence-electron chi connectivity index (χ3n) is 5.53. The maximum absolute atomic E-state index is 13.6. The number of anilines is 2. The third kappa shape index (κ3) is 3.41. The average Bonchev–Trinajstić information content (AvgIpc) is 2.96. The van der Waals surface area contributed by atoms with E-state index in [1.54, 1.807) is 0 Å². The van der Waals surface area contributed by atoms with E-state index in [4.69, 9.17) is 0 Å². The number of carbonyl (C=O) groups excluding carboxylic acids is 2. The number of benzene rings is 3. The van der Waals surface area contributed by atoms with Crippen molar-refractivity contribution in [2.75, 3.05) is 10.2 Å². The molecule has 150 valence electrons. The summed E-state index contributed by atoms with van der Waals surface area (Å²) in [5.41, 5.74) is 6.90. The van der Waals surface area contributed by atoms with Gasteiger partial charge in [0.05, 0.1) is 11.3 Å². The fourth-order valence-electron chi connectivity index (χ4n) is 3.66. The molecule has 1 N–H and O–H groups in total. The first-order valence-electron chi connectivity index (χ1n) is 9.97. The van der Waals surface area contributed by atoms with Crippen molar-refractivity contribution < 1.29 is 9.59 Å². The predicted octanol–water partition coefficient (Wildman–Crippen LogP) is 5.32. The molecule has 2 amide bonds. The van der Waals surface area contributed by atoms with Crippen LogP contribution in [0.5, 0.6) is 0 Å². The molecular weight excluding hydrogens is 372 g/mol. The summed E-state index contributed by atoms with van der Waals surface area (Å²) in [6, 6.07) is 21.1. The van der Waals surface area contributed by atoms with Crippen molar-refractivity contribution in [3.05, 3.63) is 100 Å². The van der Waals surface area contributed by atoms with Gasteiger partial charge in [0.25, 0.3) is 11.8 Å².